The average molecular weight is 520 g/mol. The Bertz CT molecular complexity index is 1050. The SMILES string of the molecule is COc1c(F)c(Br)c(F)c2nc(Cl)nc(N3CC4CCC(C3)N4C(=O)OC(C)(C)C)c12. The number of benzene rings is 1. The van der Waals surface area contributed by atoms with E-state index in [1.165, 1.54) is 7.11 Å². The molecule has 0 aliphatic carbocycles. The summed E-state index contributed by atoms with van der Waals surface area (Å²) in [7, 11) is 1.30. The van der Waals surface area contributed by atoms with E-state index in [0.29, 0.717) is 13.1 Å². The van der Waals surface area contributed by atoms with Crippen LogP contribution in [0.2, 0.25) is 5.28 Å². The van der Waals surface area contributed by atoms with Crippen molar-refractivity contribution in [2.75, 3.05) is 25.1 Å². The molecule has 4 rings (SSSR count). The topological polar surface area (TPSA) is 67.8 Å². The summed E-state index contributed by atoms with van der Waals surface area (Å²) >= 11 is 9.00. The highest BCUT2D eigenvalue weighted by molar-refractivity contribution is 9.10. The van der Waals surface area contributed by atoms with Crippen LogP contribution in [0.15, 0.2) is 4.47 Å². The predicted molar refractivity (Wildman–Crippen MR) is 116 cm³/mol. The van der Waals surface area contributed by atoms with Crippen LogP contribution in [0.3, 0.4) is 0 Å². The van der Waals surface area contributed by atoms with Crippen LogP contribution < -0.4 is 9.64 Å². The van der Waals surface area contributed by atoms with Crippen molar-refractivity contribution in [2.24, 2.45) is 0 Å². The molecule has 2 atom stereocenters. The number of methoxy groups -OCH3 is 1. The number of aromatic nitrogens is 2. The van der Waals surface area contributed by atoms with Gasteiger partial charge in [0.1, 0.15) is 16.9 Å². The van der Waals surface area contributed by atoms with Crippen molar-refractivity contribution in [3.63, 3.8) is 0 Å². The lowest BCUT2D eigenvalue weighted by molar-refractivity contribution is 0.0123. The standard InChI is InChI=1S/C20H22BrClF2N4O3/c1-20(2,3)31-19(29)28-9-5-6-10(28)8-27(7-9)17-11-15(25-18(22)26-17)13(23)12(21)14(24)16(11)30-4/h9-10H,5-8H2,1-4H3. The van der Waals surface area contributed by atoms with Crippen LogP contribution >= 0.6 is 27.5 Å². The number of hydrogen-bond donors (Lipinski definition) is 0. The zero-order valence-corrected chi connectivity index (χ0v) is 19.9. The van der Waals surface area contributed by atoms with Crippen molar-refractivity contribution in [3.8, 4) is 5.75 Å². The molecule has 1 aromatic heterocycles. The fourth-order valence-electron chi connectivity index (χ4n) is 4.31. The van der Waals surface area contributed by atoms with E-state index < -0.39 is 17.2 Å². The summed E-state index contributed by atoms with van der Waals surface area (Å²) in [4.78, 5) is 24.6. The molecule has 0 radical (unpaired) electrons. The van der Waals surface area contributed by atoms with Gasteiger partial charge >= 0.3 is 6.09 Å². The van der Waals surface area contributed by atoms with Gasteiger partial charge in [0.2, 0.25) is 5.28 Å². The molecule has 0 N–H and O–H groups in total. The number of fused-ring (bicyclic) bond motifs is 3. The van der Waals surface area contributed by atoms with E-state index in [2.05, 4.69) is 25.9 Å². The summed E-state index contributed by atoms with van der Waals surface area (Å²) in [6, 6.07) is -0.234. The minimum atomic E-state index is -0.880. The third-order valence-corrected chi connectivity index (χ3v) is 6.34. The molecule has 2 aromatic rings. The number of nitrogens with zero attached hydrogens (tertiary/aromatic N) is 4. The van der Waals surface area contributed by atoms with Gasteiger partial charge in [-0.1, -0.05) is 0 Å². The van der Waals surface area contributed by atoms with Crippen molar-refractivity contribution in [3.05, 3.63) is 21.4 Å². The van der Waals surface area contributed by atoms with Gasteiger partial charge in [0.25, 0.3) is 0 Å². The monoisotopic (exact) mass is 518 g/mol. The molecule has 2 saturated heterocycles. The maximum Gasteiger partial charge on any atom is 0.410 e. The highest BCUT2D eigenvalue weighted by Gasteiger charge is 2.45. The van der Waals surface area contributed by atoms with Gasteiger partial charge in [0.15, 0.2) is 17.4 Å². The smallest absolute Gasteiger partial charge is 0.410 e. The minimum absolute atomic E-state index is 0.107. The molecule has 2 bridgehead atoms. The lowest BCUT2D eigenvalue weighted by Gasteiger charge is -2.42. The normalized spacial score (nSPS) is 21.0. The van der Waals surface area contributed by atoms with Crippen LogP contribution in [0.1, 0.15) is 33.6 Å². The molecule has 2 unspecified atom stereocenters. The van der Waals surface area contributed by atoms with E-state index in [9.17, 15) is 13.6 Å². The second-order valence-electron chi connectivity index (χ2n) is 8.69. The summed E-state index contributed by atoms with van der Waals surface area (Å²) in [5, 5.41) is -0.0564. The first-order chi connectivity index (χ1) is 14.5. The fraction of sp³-hybridized carbons (Fsp3) is 0.550. The van der Waals surface area contributed by atoms with E-state index in [4.69, 9.17) is 21.1 Å². The van der Waals surface area contributed by atoms with Crippen molar-refractivity contribution in [1.82, 2.24) is 14.9 Å². The van der Waals surface area contributed by atoms with Crippen molar-refractivity contribution < 1.29 is 23.0 Å². The molecule has 3 heterocycles. The van der Waals surface area contributed by atoms with Gasteiger partial charge in [-0.15, -0.1) is 0 Å². The van der Waals surface area contributed by atoms with Gasteiger partial charge in [-0.2, -0.15) is 4.98 Å². The highest BCUT2D eigenvalue weighted by Crippen LogP contribution is 2.43. The number of ether oxygens (including phenoxy) is 2. The van der Waals surface area contributed by atoms with Gasteiger partial charge < -0.3 is 14.4 Å². The van der Waals surface area contributed by atoms with Gasteiger partial charge in [0.05, 0.1) is 29.1 Å². The molecule has 2 fully saturated rings. The van der Waals surface area contributed by atoms with E-state index in [0.717, 1.165) is 12.8 Å². The maximum atomic E-state index is 14.8. The molecule has 31 heavy (non-hydrogen) atoms. The first-order valence-corrected chi connectivity index (χ1v) is 11.0. The lowest BCUT2D eigenvalue weighted by atomic mass is 10.1. The predicted octanol–water partition coefficient (Wildman–Crippen LogP) is 4.92. The Kier molecular flexibility index (Phi) is 5.66. The van der Waals surface area contributed by atoms with Crippen molar-refractivity contribution in [2.45, 2.75) is 51.3 Å². The van der Waals surface area contributed by atoms with E-state index >= 15 is 0 Å². The highest BCUT2D eigenvalue weighted by atomic mass is 79.9. The second kappa shape index (κ2) is 7.88. The minimum Gasteiger partial charge on any atom is -0.493 e. The Balaban J connectivity index is 1.75. The Morgan fingerprint density at radius 3 is 2.32 bits per heavy atom. The first-order valence-electron chi connectivity index (χ1n) is 9.85. The van der Waals surface area contributed by atoms with Gasteiger partial charge in [-0.3, -0.25) is 4.90 Å². The van der Waals surface area contributed by atoms with Gasteiger partial charge in [0, 0.05) is 13.1 Å². The zero-order chi connectivity index (χ0) is 22.7. The van der Waals surface area contributed by atoms with Crippen LogP contribution in [-0.2, 0) is 4.74 Å². The molecule has 0 saturated carbocycles. The summed E-state index contributed by atoms with van der Waals surface area (Å²) in [5.74, 6) is -1.65. The van der Waals surface area contributed by atoms with Crippen molar-refractivity contribution in [1.29, 1.82) is 0 Å². The maximum absolute atomic E-state index is 14.8. The summed E-state index contributed by atoms with van der Waals surface area (Å²) in [6.07, 6.45) is 1.23. The van der Waals surface area contributed by atoms with Crippen LogP contribution in [0.5, 0.6) is 5.75 Å². The average Bonchev–Trinajstić information content (AvgIpc) is 2.95. The van der Waals surface area contributed by atoms with E-state index in [1.54, 1.807) is 4.90 Å². The number of anilines is 1. The van der Waals surface area contributed by atoms with E-state index in [1.807, 2.05) is 25.7 Å². The third kappa shape index (κ3) is 3.88. The fourth-order valence-corrected chi connectivity index (χ4v) is 4.84. The van der Waals surface area contributed by atoms with Crippen LogP contribution in [0, 0.1) is 11.6 Å². The number of piperazine rings is 1. The Hall–Kier alpha value is -1.94. The molecule has 2 aliphatic rings. The Morgan fingerprint density at radius 2 is 1.77 bits per heavy atom. The number of carbonyl (C=O) groups is 1. The molecule has 7 nitrogen and oxygen atoms in total. The van der Waals surface area contributed by atoms with E-state index in [-0.39, 0.29) is 50.4 Å². The zero-order valence-electron chi connectivity index (χ0n) is 17.5. The Morgan fingerprint density at radius 1 is 1.16 bits per heavy atom. The summed E-state index contributed by atoms with van der Waals surface area (Å²) in [5.41, 5.74) is -0.734. The molecule has 1 aromatic carbocycles. The summed E-state index contributed by atoms with van der Waals surface area (Å²) < 4.78 is 40.0. The molecular formula is C20H22BrClF2N4O3. The molecular weight excluding hydrogens is 498 g/mol. The molecule has 2 aliphatic heterocycles. The number of carbonyl (C=O) groups excluding carboxylic acids is 1. The van der Waals surface area contributed by atoms with Gasteiger partial charge in [-0.05, 0) is 61.1 Å². The first kappa shape index (κ1) is 22.3. The quantitative estimate of drug-likeness (QED) is 0.414. The molecule has 168 valence electrons. The van der Waals surface area contributed by atoms with Crippen LogP contribution in [0.25, 0.3) is 10.9 Å². The summed E-state index contributed by atoms with van der Waals surface area (Å²) in [6.45, 7) is 6.31. The number of hydrogen-bond acceptors (Lipinski definition) is 6. The molecule has 0 spiro atoms. The third-order valence-electron chi connectivity index (χ3n) is 5.47. The lowest BCUT2D eigenvalue weighted by Crippen LogP contribution is -2.57. The van der Waals surface area contributed by atoms with Crippen molar-refractivity contribution >= 4 is 50.3 Å². The van der Waals surface area contributed by atoms with Gasteiger partial charge in [-0.25, -0.2) is 18.6 Å². The van der Waals surface area contributed by atoms with Crippen LogP contribution in [-0.4, -0.2) is 58.8 Å². The number of halogens is 4. The second-order valence-corrected chi connectivity index (χ2v) is 9.82. The Labute approximate surface area is 191 Å². The van der Waals surface area contributed by atoms with Crippen LogP contribution in [0.4, 0.5) is 19.4 Å². The molecule has 11 heteroatoms. The largest absolute Gasteiger partial charge is 0.493 e. The number of rotatable bonds is 2. The number of amides is 1. The molecule has 1 amide bonds.